The fraction of sp³-hybridized carbons (Fsp3) is 0.750. The Labute approximate surface area is 97.2 Å². The zero-order valence-corrected chi connectivity index (χ0v) is 10.2. The van der Waals surface area contributed by atoms with E-state index in [1.807, 2.05) is 6.92 Å². The van der Waals surface area contributed by atoms with Gasteiger partial charge in [-0.2, -0.15) is 4.98 Å². The Bertz CT molecular complexity index is 286. The van der Waals surface area contributed by atoms with Crippen LogP contribution >= 0.6 is 0 Å². The van der Waals surface area contributed by atoms with Gasteiger partial charge in [-0.05, 0) is 19.8 Å². The van der Waals surface area contributed by atoms with Gasteiger partial charge in [-0.3, -0.25) is 0 Å². The van der Waals surface area contributed by atoms with Crippen LogP contribution in [-0.4, -0.2) is 11.1 Å². The van der Waals surface area contributed by atoms with Crippen molar-refractivity contribution in [2.75, 3.05) is 0 Å². The van der Waals surface area contributed by atoms with Crippen LogP contribution in [0.2, 0.25) is 0 Å². The van der Waals surface area contributed by atoms with Gasteiger partial charge in [0.25, 0.3) is 0 Å². The molecule has 0 spiro atoms. The molecular formula is C12H22N2O2. The standard InChI is InChI=1S/C12H22N2O2/c1-3-4-5-6-7-10(2)16-12-14-11(8-13)9-15-12/h9-10H,3-8,13H2,1-2H3. The smallest absolute Gasteiger partial charge is 0.393 e. The molecule has 1 rings (SSSR count). The van der Waals surface area contributed by atoms with E-state index in [2.05, 4.69) is 11.9 Å². The summed E-state index contributed by atoms with van der Waals surface area (Å²) in [7, 11) is 0. The highest BCUT2D eigenvalue weighted by molar-refractivity contribution is 4.99. The number of hydrogen-bond donors (Lipinski definition) is 1. The van der Waals surface area contributed by atoms with Gasteiger partial charge in [0, 0.05) is 6.54 Å². The molecule has 92 valence electrons. The molecule has 0 aliphatic heterocycles. The molecule has 4 nitrogen and oxygen atoms in total. The van der Waals surface area contributed by atoms with Crippen molar-refractivity contribution in [3.8, 4) is 6.08 Å². The Hall–Kier alpha value is -1.03. The Morgan fingerprint density at radius 1 is 1.44 bits per heavy atom. The summed E-state index contributed by atoms with van der Waals surface area (Å²) in [6, 6.07) is 0. The molecule has 1 aromatic heterocycles. The lowest BCUT2D eigenvalue weighted by atomic mass is 10.1. The van der Waals surface area contributed by atoms with Crippen molar-refractivity contribution in [2.24, 2.45) is 5.73 Å². The molecule has 0 bridgehead atoms. The van der Waals surface area contributed by atoms with Crippen LogP contribution in [0.1, 0.15) is 51.6 Å². The molecule has 0 fully saturated rings. The molecular weight excluding hydrogens is 204 g/mol. The van der Waals surface area contributed by atoms with E-state index >= 15 is 0 Å². The Morgan fingerprint density at radius 3 is 2.88 bits per heavy atom. The SMILES string of the molecule is CCCCCCC(C)Oc1nc(CN)co1. The number of aromatic nitrogens is 1. The van der Waals surface area contributed by atoms with Crippen molar-refractivity contribution >= 4 is 0 Å². The summed E-state index contributed by atoms with van der Waals surface area (Å²) in [6.07, 6.45) is 8.09. The molecule has 1 aromatic rings. The fourth-order valence-electron chi connectivity index (χ4n) is 1.53. The zero-order valence-electron chi connectivity index (χ0n) is 10.2. The first-order valence-electron chi connectivity index (χ1n) is 6.07. The van der Waals surface area contributed by atoms with Crippen molar-refractivity contribution in [1.82, 2.24) is 4.98 Å². The first-order chi connectivity index (χ1) is 7.76. The number of oxazole rings is 1. The molecule has 0 saturated carbocycles. The highest BCUT2D eigenvalue weighted by Crippen LogP contribution is 2.14. The highest BCUT2D eigenvalue weighted by atomic mass is 16.6. The second-order valence-corrected chi connectivity index (χ2v) is 4.09. The summed E-state index contributed by atoms with van der Waals surface area (Å²) in [5.41, 5.74) is 6.16. The van der Waals surface area contributed by atoms with Crippen molar-refractivity contribution < 1.29 is 9.15 Å². The maximum Gasteiger partial charge on any atom is 0.393 e. The van der Waals surface area contributed by atoms with Gasteiger partial charge in [0.05, 0.1) is 5.69 Å². The van der Waals surface area contributed by atoms with E-state index in [0.29, 0.717) is 12.6 Å². The summed E-state index contributed by atoms with van der Waals surface area (Å²) >= 11 is 0. The summed E-state index contributed by atoms with van der Waals surface area (Å²) < 4.78 is 10.7. The molecule has 0 saturated heterocycles. The first-order valence-corrected chi connectivity index (χ1v) is 6.07. The second-order valence-electron chi connectivity index (χ2n) is 4.09. The molecule has 0 aromatic carbocycles. The van der Waals surface area contributed by atoms with Crippen molar-refractivity contribution in [1.29, 1.82) is 0 Å². The van der Waals surface area contributed by atoms with Crippen LogP contribution < -0.4 is 10.5 Å². The van der Waals surface area contributed by atoms with E-state index in [1.54, 1.807) is 6.26 Å². The van der Waals surface area contributed by atoms with E-state index in [9.17, 15) is 0 Å². The number of unbranched alkanes of at least 4 members (excludes halogenated alkanes) is 3. The molecule has 0 aliphatic rings. The van der Waals surface area contributed by atoms with Crippen molar-refractivity contribution in [3.63, 3.8) is 0 Å². The number of rotatable bonds is 8. The average molecular weight is 226 g/mol. The molecule has 16 heavy (non-hydrogen) atoms. The lowest BCUT2D eigenvalue weighted by molar-refractivity contribution is 0.151. The number of ether oxygens (including phenoxy) is 1. The maximum absolute atomic E-state index is 5.54. The first kappa shape index (κ1) is 13.0. The van der Waals surface area contributed by atoms with Crippen LogP contribution in [0.3, 0.4) is 0 Å². The van der Waals surface area contributed by atoms with E-state index in [4.69, 9.17) is 14.9 Å². The van der Waals surface area contributed by atoms with Gasteiger partial charge in [-0.25, -0.2) is 0 Å². The van der Waals surface area contributed by atoms with Crippen LogP contribution in [0.25, 0.3) is 0 Å². The number of nitrogens with zero attached hydrogens (tertiary/aromatic N) is 1. The van der Waals surface area contributed by atoms with Crippen LogP contribution in [0, 0.1) is 0 Å². The Morgan fingerprint density at radius 2 is 2.25 bits per heavy atom. The summed E-state index contributed by atoms with van der Waals surface area (Å²) in [4.78, 5) is 4.10. The van der Waals surface area contributed by atoms with E-state index in [0.717, 1.165) is 12.1 Å². The quantitative estimate of drug-likeness (QED) is 0.692. The highest BCUT2D eigenvalue weighted by Gasteiger charge is 2.08. The van der Waals surface area contributed by atoms with Crippen LogP contribution in [0.5, 0.6) is 6.08 Å². The van der Waals surface area contributed by atoms with E-state index in [-0.39, 0.29) is 6.10 Å². The average Bonchev–Trinajstić information content (AvgIpc) is 2.72. The van der Waals surface area contributed by atoms with Gasteiger partial charge in [0.1, 0.15) is 12.4 Å². The topological polar surface area (TPSA) is 61.3 Å². The number of hydrogen-bond acceptors (Lipinski definition) is 4. The van der Waals surface area contributed by atoms with Crippen LogP contribution in [0.4, 0.5) is 0 Å². The summed E-state index contributed by atoms with van der Waals surface area (Å²) in [5.74, 6) is 0. The van der Waals surface area contributed by atoms with E-state index < -0.39 is 0 Å². The van der Waals surface area contributed by atoms with Crippen molar-refractivity contribution in [3.05, 3.63) is 12.0 Å². The van der Waals surface area contributed by atoms with Gasteiger partial charge in [-0.1, -0.05) is 26.2 Å². The fourth-order valence-corrected chi connectivity index (χ4v) is 1.53. The predicted octanol–water partition coefficient (Wildman–Crippen LogP) is 2.87. The lowest BCUT2D eigenvalue weighted by Gasteiger charge is -2.10. The minimum atomic E-state index is 0.154. The predicted molar refractivity (Wildman–Crippen MR) is 63.2 cm³/mol. The van der Waals surface area contributed by atoms with Crippen LogP contribution in [0.15, 0.2) is 10.7 Å². The Kier molecular flexibility index (Phi) is 5.93. The van der Waals surface area contributed by atoms with Gasteiger partial charge >= 0.3 is 6.08 Å². The van der Waals surface area contributed by atoms with Gasteiger partial charge in [0.2, 0.25) is 0 Å². The minimum Gasteiger partial charge on any atom is -0.447 e. The molecule has 2 N–H and O–H groups in total. The molecule has 0 radical (unpaired) electrons. The van der Waals surface area contributed by atoms with Crippen molar-refractivity contribution in [2.45, 2.75) is 58.6 Å². The Balaban J connectivity index is 2.20. The maximum atomic E-state index is 5.54. The lowest BCUT2D eigenvalue weighted by Crippen LogP contribution is -2.11. The third kappa shape index (κ3) is 4.66. The normalized spacial score (nSPS) is 12.7. The van der Waals surface area contributed by atoms with Crippen LogP contribution in [-0.2, 0) is 6.54 Å². The second kappa shape index (κ2) is 7.28. The largest absolute Gasteiger partial charge is 0.447 e. The molecule has 4 heteroatoms. The third-order valence-corrected chi connectivity index (χ3v) is 2.51. The van der Waals surface area contributed by atoms with Gasteiger partial charge in [-0.15, -0.1) is 0 Å². The summed E-state index contributed by atoms with van der Waals surface area (Å²) in [5, 5.41) is 0. The third-order valence-electron chi connectivity index (χ3n) is 2.51. The minimum absolute atomic E-state index is 0.154. The van der Waals surface area contributed by atoms with E-state index in [1.165, 1.54) is 25.7 Å². The molecule has 1 heterocycles. The monoisotopic (exact) mass is 226 g/mol. The van der Waals surface area contributed by atoms with Gasteiger partial charge in [0.15, 0.2) is 0 Å². The molecule has 1 unspecified atom stereocenters. The van der Waals surface area contributed by atoms with Gasteiger partial charge < -0.3 is 14.9 Å². The summed E-state index contributed by atoms with van der Waals surface area (Å²) in [6.45, 7) is 4.64. The number of nitrogens with two attached hydrogens (primary N) is 1. The zero-order chi connectivity index (χ0) is 11.8. The molecule has 0 aliphatic carbocycles. The molecule has 1 atom stereocenters. The molecule has 0 amide bonds.